The first-order valence-corrected chi connectivity index (χ1v) is 8.47. The quantitative estimate of drug-likeness (QED) is 0.711. The number of hydrogen-bond acceptors (Lipinski definition) is 4. The van der Waals surface area contributed by atoms with Gasteiger partial charge in [0.1, 0.15) is 17.8 Å². The fraction of sp³-hybridized carbons (Fsp3) is 0.190. The monoisotopic (exact) mass is 388 g/mol. The van der Waals surface area contributed by atoms with Crippen molar-refractivity contribution < 1.29 is 27.8 Å². The van der Waals surface area contributed by atoms with Gasteiger partial charge in [0.2, 0.25) is 0 Å². The van der Waals surface area contributed by atoms with E-state index < -0.39 is 28.5 Å². The molecule has 2 atom stereocenters. The Bertz CT molecular complexity index is 1120. The first-order valence-electron chi connectivity index (χ1n) is 8.47. The highest BCUT2D eigenvalue weighted by Gasteiger charge is 2.45. The maximum Gasteiger partial charge on any atom is 0.417 e. The first kappa shape index (κ1) is 18.2. The molecule has 2 N–H and O–H groups in total. The van der Waals surface area contributed by atoms with Crippen LogP contribution in [-0.4, -0.2) is 10.2 Å². The third-order valence-electron chi connectivity index (χ3n) is 5.31. The number of halogens is 3. The van der Waals surface area contributed by atoms with Crippen LogP contribution in [0.2, 0.25) is 0 Å². The average molecular weight is 388 g/mol. The number of fused-ring (bicyclic) bond motifs is 3. The molecular formula is C21H15F3O4. The van der Waals surface area contributed by atoms with Gasteiger partial charge in [0.15, 0.2) is 11.2 Å². The van der Waals surface area contributed by atoms with Crippen LogP contribution < -0.4 is 5.43 Å². The second-order valence-electron chi connectivity index (χ2n) is 6.98. The number of hydrogen-bond donors (Lipinski definition) is 2. The van der Waals surface area contributed by atoms with E-state index in [1.54, 1.807) is 19.1 Å². The molecule has 28 heavy (non-hydrogen) atoms. The molecule has 0 bridgehead atoms. The summed E-state index contributed by atoms with van der Waals surface area (Å²) in [4.78, 5) is 13.3. The standard InChI is InChI=1S/C21H15F3O4/c1-20-9-8-15(25)19(27)14(20)6-7-16-17(20)18(26)12(10-28-16)11-4-2-3-5-13(11)21(22,23)24/h2-10,14,25,27H,1H3. The maximum absolute atomic E-state index is 13.4. The van der Waals surface area contributed by atoms with Gasteiger partial charge in [0.25, 0.3) is 0 Å². The van der Waals surface area contributed by atoms with E-state index in [4.69, 9.17) is 4.42 Å². The molecule has 0 saturated carbocycles. The van der Waals surface area contributed by atoms with Crippen molar-refractivity contribution in [3.63, 3.8) is 0 Å². The molecule has 2 aliphatic carbocycles. The third kappa shape index (κ3) is 2.50. The Morgan fingerprint density at radius 2 is 1.82 bits per heavy atom. The van der Waals surface area contributed by atoms with E-state index in [0.29, 0.717) is 0 Å². The highest BCUT2D eigenvalue weighted by molar-refractivity contribution is 5.71. The van der Waals surface area contributed by atoms with Gasteiger partial charge in [-0.2, -0.15) is 13.2 Å². The number of aliphatic hydroxyl groups excluding tert-OH is 2. The molecule has 4 nitrogen and oxygen atoms in total. The summed E-state index contributed by atoms with van der Waals surface area (Å²) in [5.41, 5.74) is -2.99. The van der Waals surface area contributed by atoms with E-state index in [-0.39, 0.29) is 34.0 Å². The molecule has 2 unspecified atom stereocenters. The SMILES string of the molecule is CC12C=CC(O)=C(O)C1C=Cc1occ(-c3ccccc3C(F)(F)F)c(=O)c12. The summed E-state index contributed by atoms with van der Waals surface area (Å²) in [6.07, 6.45) is 2.27. The Morgan fingerprint density at radius 3 is 2.54 bits per heavy atom. The summed E-state index contributed by atoms with van der Waals surface area (Å²) < 4.78 is 45.8. The number of alkyl halides is 3. The number of benzene rings is 1. The summed E-state index contributed by atoms with van der Waals surface area (Å²) in [6, 6.07) is 4.80. The molecule has 1 aromatic carbocycles. The highest BCUT2D eigenvalue weighted by atomic mass is 19.4. The molecule has 0 amide bonds. The minimum absolute atomic E-state index is 0.129. The Labute approximate surface area is 157 Å². The van der Waals surface area contributed by atoms with E-state index in [1.807, 2.05) is 0 Å². The molecule has 1 heterocycles. The van der Waals surface area contributed by atoms with Crippen molar-refractivity contribution in [1.29, 1.82) is 0 Å². The molecule has 2 aromatic rings. The van der Waals surface area contributed by atoms with Crippen LogP contribution in [0, 0.1) is 5.92 Å². The van der Waals surface area contributed by atoms with Crippen LogP contribution in [-0.2, 0) is 11.6 Å². The lowest BCUT2D eigenvalue weighted by Crippen LogP contribution is -2.40. The lowest BCUT2D eigenvalue weighted by Gasteiger charge is -2.38. The molecule has 0 fully saturated rings. The fourth-order valence-corrected chi connectivity index (χ4v) is 3.86. The Kier molecular flexibility index (Phi) is 3.82. The number of allylic oxidation sites excluding steroid dienone is 3. The second-order valence-corrected chi connectivity index (χ2v) is 6.98. The van der Waals surface area contributed by atoms with Crippen molar-refractivity contribution in [2.24, 2.45) is 5.92 Å². The maximum atomic E-state index is 13.4. The predicted octanol–water partition coefficient (Wildman–Crippen LogP) is 5.12. The van der Waals surface area contributed by atoms with Gasteiger partial charge in [0, 0.05) is 11.0 Å². The van der Waals surface area contributed by atoms with Crippen molar-refractivity contribution in [3.8, 4) is 11.1 Å². The Hall–Kier alpha value is -3.22. The predicted molar refractivity (Wildman–Crippen MR) is 96.7 cm³/mol. The second kappa shape index (κ2) is 5.89. The lowest BCUT2D eigenvalue weighted by atomic mass is 9.65. The molecule has 1 aromatic heterocycles. The minimum atomic E-state index is -4.64. The zero-order valence-electron chi connectivity index (χ0n) is 14.6. The van der Waals surface area contributed by atoms with Crippen LogP contribution >= 0.6 is 0 Å². The normalized spacial score (nSPS) is 23.5. The van der Waals surface area contributed by atoms with Gasteiger partial charge >= 0.3 is 6.18 Å². The number of rotatable bonds is 1. The molecule has 0 saturated heterocycles. The van der Waals surface area contributed by atoms with Crippen molar-refractivity contribution >= 4 is 6.08 Å². The van der Waals surface area contributed by atoms with Crippen molar-refractivity contribution in [1.82, 2.24) is 0 Å². The van der Waals surface area contributed by atoms with Crippen molar-refractivity contribution in [2.75, 3.05) is 0 Å². The summed E-state index contributed by atoms with van der Waals surface area (Å²) in [5, 5.41) is 20.0. The largest absolute Gasteiger partial charge is 0.508 e. The van der Waals surface area contributed by atoms with Crippen LogP contribution in [0.15, 0.2) is 69.5 Å². The minimum Gasteiger partial charge on any atom is -0.508 e. The highest BCUT2D eigenvalue weighted by Crippen LogP contribution is 2.46. The zero-order valence-corrected chi connectivity index (χ0v) is 14.6. The van der Waals surface area contributed by atoms with Gasteiger partial charge in [-0.25, -0.2) is 0 Å². The number of aliphatic hydroxyl groups is 2. The topological polar surface area (TPSA) is 70.7 Å². The summed E-state index contributed by atoms with van der Waals surface area (Å²) in [6.45, 7) is 1.66. The van der Waals surface area contributed by atoms with E-state index in [1.165, 1.54) is 30.4 Å². The summed E-state index contributed by atoms with van der Waals surface area (Å²) in [7, 11) is 0. The smallest absolute Gasteiger partial charge is 0.417 e. The van der Waals surface area contributed by atoms with Crippen LogP contribution in [0.4, 0.5) is 13.2 Å². The van der Waals surface area contributed by atoms with Crippen molar-refractivity contribution in [3.05, 3.63) is 87.4 Å². The van der Waals surface area contributed by atoms with E-state index in [9.17, 15) is 28.2 Å². The van der Waals surface area contributed by atoms with E-state index >= 15 is 0 Å². The Morgan fingerprint density at radius 1 is 1.11 bits per heavy atom. The van der Waals surface area contributed by atoms with Crippen molar-refractivity contribution in [2.45, 2.75) is 18.5 Å². The molecule has 144 valence electrons. The molecule has 7 heteroatoms. The van der Waals surface area contributed by atoms with Gasteiger partial charge in [-0.3, -0.25) is 4.79 Å². The van der Waals surface area contributed by atoms with Crippen LogP contribution in [0.3, 0.4) is 0 Å². The molecule has 2 aliphatic rings. The zero-order chi connectivity index (χ0) is 20.3. The summed E-state index contributed by atoms with van der Waals surface area (Å²) >= 11 is 0. The molecule has 0 radical (unpaired) electrons. The average Bonchev–Trinajstić information content (AvgIpc) is 2.64. The fourth-order valence-electron chi connectivity index (χ4n) is 3.86. The van der Waals surface area contributed by atoms with E-state index in [0.717, 1.165) is 12.3 Å². The van der Waals surface area contributed by atoms with E-state index in [2.05, 4.69) is 0 Å². The van der Waals surface area contributed by atoms with Crippen LogP contribution in [0.5, 0.6) is 0 Å². The molecular weight excluding hydrogens is 373 g/mol. The Balaban J connectivity index is 1.98. The van der Waals surface area contributed by atoms with Gasteiger partial charge in [-0.15, -0.1) is 0 Å². The van der Waals surface area contributed by atoms with Crippen LogP contribution in [0.1, 0.15) is 23.8 Å². The third-order valence-corrected chi connectivity index (χ3v) is 5.31. The van der Waals surface area contributed by atoms with Gasteiger partial charge in [-0.1, -0.05) is 37.3 Å². The van der Waals surface area contributed by atoms with Gasteiger partial charge < -0.3 is 14.6 Å². The first-order chi connectivity index (χ1) is 13.1. The van der Waals surface area contributed by atoms with Gasteiger partial charge in [0.05, 0.1) is 22.6 Å². The molecule has 4 rings (SSSR count). The molecule has 0 spiro atoms. The lowest BCUT2D eigenvalue weighted by molar-refractivity contribution is -0.137. The van der Waals surface area contributed by atoms with Gasteiger partial charge in [-0.05, 0) is 18.2 Å². The van der Waals surface area contributed by atoms with Crippen LogP contribution in [0.25, 0.3) is 17.2 Å². The summed E-state index contributed by atoms with van der Waals surface area (Å²) in [5.74, 6) is -1.16. The molecule has 0 aliphatic heterocycles.